The summed E-state index contributed by atoms with van der Waals surface area (Å²) in [5, 5.41) is 3.52. The van der Waals surface area contributed by atoms with Gasteiger partial charge in [0.2, 0.25) is 5.91 Å². The molecule has 0 aromatic heterocycles. The summed E-state index contributed by atoms with van der Waals surface area (Å²) in [5.41, 5.74) is 0. The molecular weight excluding hydrogens is 224 g/mol. The molecule has 2 aliphatic rings. The molecule has 0 radical (unpaired) electrons. The molecule has 3 nitrogen and oxygen atoms in total. The summed E-state index contributed by atoms with van der Waals surface area (Å²) in [6, 6.07) is 0.452. The first-order chi connectivity index (χ1) is 8.52. The van der Waals surface area contributed by atoms with Crippen LogP contribution in [0.3, 0.4) is 0 Å². The number of hydrogen-bond donors (Lipinski definition) is 1. The van der Waals surface area contributed by atoms with Crippen molar-refractivity contribution in [2.24, 2.45) is 11.8 Å². The van der Waals surface area contributed by atoms with Crippen molar-refractivity contribution in [3.8, 4) is 0 Å². The molecule has 0 bridgehead atoms. The summed E-state index contributed by atoms with van der Waals surface area (Å²) in [6.45, 7) is 8.78. The van der Waals surface area contributed by atoms with Crippen LogP contribution in [-0.4, -0.2) is 29.1 Å². The molecule has 0 aromatic carbocycles. The third-order valence-corrected chi connectivity index (χ3v) is 4.23. The smallest absolute Gasteiger partial charge is 0.241 e. The van der Waals surface area contributed by atoms with Crippen LogP contribution < -0.4 is 5.32 Å². The summed E-state index contributed by atoms with van der Waals surface area (Å²) in [6.07, 6.45) is 6.16. The molecule has 2 rings (SSSR count). The van der Waals surface area contributed by atoms with Gasteiger partial charge in [-0.05, 0) is 38.0 Å². The summed E-state index contributed by atoms with van der Waals surface area (Å²) >= 11 is 0. The van der Waals surface area contributed by atoms with Crippen molar-refractivity contribution in [1.82, 2.24) is 10.2 Å². The molecule has 0 spiro atoms. The summed E-state index contributed by atoms with van der Waals surface area (Å²) in [5.74, 6) is 1.84. The highest BCUT2D eigenvalue weighted by atomic mass is 16.2. The molecule has 1 aliphatic carbocycles. The fourth-order valence-corrected chi connectivity index (χ4v) is 3.11. The minimum absolute atomic E-state index is 0.0513. The lowest BCUT2D eigenvalue weighted by molar-refractivity contribution is -0.132. The van der Waals surface area contributed by atoms with Crippen LogP contribution in [0.4, 0.5) is 0 Å². The van der Waals surface area contributed by atoms with Crippen LogP contribution in [0.5, 0.6) is 0 Å². The predicted octanol–water partition coefficient (Wildman–Crippen LogP) is 2.76. The van der Waals surface area contributed by atoms with Crippen LogP contribution in [0, 0.1) is 11.8 Å². The zero-order valence-electron chi connectivity index (χ0n) is 12.3. The molecule has 2 fully saturated rings. The predicted molar refractivity (Wildman–Crippen MR) is 74.1 cm³/mol. The largest absolute Gasteiger partial charge is 0.323 e. The zero-order chi connectivity index (χ0) is 13.3. The van der Waals surface area contributed by atoms with Gasteiger partial charge in [0.05, 0.1) is 12.2 Å². The van der Waals surface area contributed by atoms with Gasteiger partial charge in [-0.3, -0.25) is 10.1 Å². The van der Waals surface area contributed by atoms with Gasteiger partial charge in [-0.1, -0.05) is 33.6 Å². The van der Waals surface area contributed by atoms with Gasteiger partial charge in [0.15, 0.2) is 0 Å². The van der Waals surface area contributed by atoms with E-state index in [1.807, 2.05) is 0 Å². The van der Waals surface area contributed by atoms with E-state index in [0.29, 0.717) is 17.9 Å². The van der Waals surface area contributed by atoms with Crippen LogP contribution in [0.15, 0.2) is 0 Å². The number of nitrogens with one attached hydrogen (secondary N) is 1. The van der Waals surface area contributed by atoms with E-state index in [9.17, 15) is 4.79 Å². The standard InChI is InChI=1S/C15H28N2O/c1-5-13-15(18)17(11(4)9-12-6-7-12)14(16-13)8-10(2)3/h10-14,16H,5-9H2,1-4H3. The number of carbonyl (C=O) groups is 1. The van der Waals surface area contributed by atoms with Crippen LogP contribution in [-0.2, 0) is 4.79 Å². The van der Waals surface area contributed by atoms with E-state index in [1.165, 1.54) is 19.3 Å². The van der Waals surface area contributed by atoms with Gasteiger partial charge in [-0.25, -0.2) is 0 Å². The lowest BCUT2D eigenvalue weighted by Gasteiger charge is -2.31. The third-order valence-electron chi connectivity index (χ3n) is 4.23. The molecule has 1 saturated carbocycles. The first kappa shape index (κ1) is 13.9. The van der Waals surface area contributed by atoms with Gasteiger partial charge in [-0.15, -0.1) is 0 Å². The van der Waals surface area contributed by atoms with E-state index in [2.05, 4.69) is 37.9 Å². The summed E-state index contributed by atoms with van der Waals surface area (Å²) in [7, 11) is 0. The SMILES string of the molecule is CCC1NC(CC(C)C)N(C(C)CC2CC2)C1=O. The number of nitrogens with zero attached hydrogens (tertiary/aromatic N) is 1. The minimum atomic E-state index is 0.0513. The highest BCUT2D eigenvalue weighted by molar-refractivity contribution is 5.84. The van der Waals surface area contributed by atoms with Crippen LogP contribution in [0.2, 0.25) is 0 Å². The fourth-order valence-electron chi connectivity index (χ4n) is 3.11. The lowest BCUT2D eigenvalue weighted by atomic mass is 10.1. The first-order valence-electron chi connectivity index (χ1n) is 7.61. The highest BCUT2D eigenvalue weighted by Gasteiger charge is 2.41. The van der Waals surface area contributed by atoms with Gasteiger partial charge < -0.3 is 4.90 Å². The molecule has 1 amide bonds. The van der Waals surface area contributed by atoms with E-state index in [-0.39, 0.29) is 12.2 Å². The van der Waals surface area contributed by atoms with E-state index < -0.39 is 0 Å². The van der Waals surface area contributed by atoms with Crippen LogP contribution >= 0.6 is 0 Å². The van der Waals surface area contributed by atoms with Gasteiger partial charge in [-0.2, -0.15) is 0 Å². The van der Waals surface area contributed by atoms with Gasteiger partial charge >= 0.3 is 0 Å². The molecule has 1 aliphatic heterocycles. The Hall–Kier alpha value is -0.570. The van der Waals surface area contributed by atoms with Crippen LogP contribution in [0.25, 0.3) is 0 Å². The van der Waals surface area contributed by atoms with Crippen molar-refractivity contribution in [3.63, 3.8) is 0 Å². The quantitative estimate of drug-likeness (QED) is 0.788. The molecule has 1 saturated heterocycles. The average molecular weight is 252 g/mol. The Morgan fingerprint density at radius 3 is 2.44 bits per heavy atom. The zero-order valence-corrected chi connectivity index (χ0v) is 12.3. The summed E-state index contributed by atoms with van der Waals surface area (Å²) in [4.78, 5) is 14.6. The maximum Gasteiger partial charge on any atom is 0.241 e. The van der Waals surface area contributed by atoms with Gasteiger partial charge in [0.1, 0.15) is 0 Å². The van der Waals surface area contributed by atoms with Crippen molar-refractivity contribution in [2.45, 2.75) is 78.0 Å². The molecule has 104 valence electrons. The summed E-state index contributed by atoms with van der Waals surface area (Å²) < 4.78 is 0. The normalized spacial score (nSPS) is 30.3. The van der Waals surface area contributed by atoms with Crippen molar-refractivity contribution >= 4 is 5.91 Å². The van der Waals surface area contributed by atoms with E-state index in [4.69, 9.17) is 0 Å². The Bertz CT molecular complexity index is 299. The van der Waals surface area contributed by atoms with E-state index in [0.717, 1.165) is 18.8 Å². The Balaban J connectivity index is 2.02. The average Bonchev–Trinajstić information content (AvgIpc) is 3.02. The van der Waals surface area contributed by atoms with Crippen LogP contribution in [0.1, 0.15) is 59.8 Å². The van der Waals surface area contributed by atoms with Crippen molar-refractivity contribution in [2.75, 3.05) is 0 Å². The maximum atomic E-state index is 12.4. The van der Waals surface area contributed by atoms with Gasteiger partial charge in [0.25, 0.3) is 0 Å². The number of rotatable bonds is 6. The molecule has 1 heterocycles. The van der Waals surface area contributed by atoms with Crippen molar-refractivity contribution < 1.29 is 4.79 Å². The Kier molecular flexibility index (Phi) is 4.31. The molecule has 18 heavy (non-hydrogen) atoms. The number of carbonyl (C=O) groups excluding carboxylic acids is 1. The van der Waals surface area contributed by atoms with Gasteiger partial charge in [0, 0.05) is 6.04 Å². The first-order valence-corrected chi connectivity index (χ1v) is 7.61. The van der Waals surface area contributed by atoms with E-state index >= 15 is 0 Å². The second-order valence-electron chi connectivity index (χ2n) is 6.55. The molecule has 1 N–H and O–H groups in total. The van der Waals surface area contributed by atoms with E-state index in [1.54, 1.807) is 0 Å². The monoisotopic (exact) mass is 252 g/mol. The van der Waals surface area contributed by atoms with Crippen molar-refractivity contribution in [1.29, 1.82) is 0 Å². The Labute approximate surface area is 111 Å². The highest BCUT2D eigenvalue weighted by Crippen LogP contribution is 2.36. The topological polar surface area (TPSA) is 32.3 Å². The lowest BCUT2D eigenvalue weighted by Crippen LogP contribution is -2.44. The minimum Gasteiger partial charge on any atom is -0.323 e. The molecular formula is C15H28N2O. The Morgan fingerprint density at radius 2 is 1.94 bits per heavy atom. The molecule has 0 aromatic rings. The second-order valence-corrected chi connectivity index (χ2v) is 6.55. The maximum absolute atomic E-state index is 12.4. The fraction of sp³-hybridized carbons (Fsp3) is 0.933. The Morgan fingerprint density at radius 1 is 1.28 bits per heavy atom. The molecule has 3 unspecified atom stereocenters. The molecule has 3 atom stereocenters. The number of amides is 1. The third kappa shape index (κ3) is 3.05. The molecule has 3 heteroatoms. The van der Waals surface area contributed by atoms with Crippen molar-refractivity contribution in [3.05, 3.63) is 0 Å². The number of hydrogen-bond acceptors (Lipinski definition) is 2. The second kappa shape index (κ2) is 5.60.